The van der Waals surface area contributed by atoms with Gasteiger partial charge in [-0.15, -0.1) is 0 Å². The molecule has 4 rings (SSSR count). The van der Waals surface area contributed by atoms with E-state index in [-0.39, 0.29) is 22.8 Å². The van der Waals surface area contributed by atoms with Gasteiger partial charge in [-0.25, -0.2) is 0 Å². The summed E-state index contributed by atoms with van der Waals surface area (Å²) in [5, 5.41) is 60.5. The van der Waals surface area contributed by atoms with Crippen molar-refractivity contribution in [1.82, 2.24) is 0 Å². The zero-order valence-electron chi connectivity index (χ0n) is 18.6. The van der Waals surface area contributed by atoms with Crippen molar-refractivity contribution < 1.29 is 54.0 Å². The Morgan fingerprint density at radius 3 is 2.23 bits per heavy atom. The second-order valence-electron chi connectivity index (χ2n) is 7.78. The second kappa shape index (κ2) is 9.60. The molecule has 0 saturated carbocycles. The first-order valence-corrected chi connectivity index (χ1v) is 10.4. The van der Waals surface area contributed by atoms with Gasteiger partial charge < -0.3 is 54.0 Å². The van der Waals surface area contributed by atoms with Gasteiger partial charge >= 0.3 is 0 Å². The van der Waals surface area contributed by atoms with Gasteiger partial charge in [0.2, 0.25) is 23.2 Å². The Bertz CT molecular complexity index is 1270. The molecule has 188 valence electrons. The van der Waals surface area contributed by atoms with E-state index >= 15 is 0 Å². The highest BCUT2D eigenvalue weighted by molar-refractivity contribution is 5.91. The van der Waals surface area contributed by atoms with Gasteiger partial charge in [0.25, 0.3) is 0 Å². The van der Waals surface area contributed by atoms with Crippen molar-refractivity contribution in [2.24, 2.45) is 0 Å². The third kappa shape index (κ3) is 4.22. The third-order valence-corrected chi connectivity index (χ3v) is 5.70. The number of phenolic OH excluding ortho intramolecular Hbond substituents is 1. The lowest BCUT2D eigenvalue weighted by Crippen LogP contribution is -2.60. The van der Waals surface area contributed by atoms with Gasteiger partial charge in [0, 0.05) is 11.6 Å². The van der Waals surface area contributed by atoms with Crippen LogP contribution in [-0.4, -0.2) is 82.2 Å². The summed E-state index contributed by atoms with van der Waals surface area (Å²) in [6.45, 7) is -0.676. The van der Waals surface area contributed by atoms with Gasteiger partial charge in [-0.2, -0.15) is 0 Å². The molecule has 0 spiro atoms. The van der Waals surface area contributed by atoms with Crippen molar-refractivity contribution >= 4 is 11.0 Å². The molecule has 2 aromatic carbocycles. The summed E-state index contributed by atoms with van der Waals surface area (Å²) in [5.74, 6) is -1.71. The van der Waals surface area contributed by atoms with Gasteiger partial charge in [-0.05, 0) is 24.3 Å². The zero-order valence-corrected chi connectivity index (χ0v) is 18.6. The number of methoxy groups -OCH3 is 2. The molecule has 1 aliphatic rings. The van der Waals surface area contributed by atoms with E-state index < -0.39 is 59.6 Å². The molecule has 35 heavy (non-hydrogen) atoms. The summed E-state index contributed by atoms with van der Waals surface area (Å²) in [5.41, 5.74) is -0.794. The molecule has 0 radical (unpaired) electrons. The van der Waals surface area contributed by atoms with Crippen LogP contribution in [0.2, 0.25) is 0 Å². The standard InChI is InChI=1S/C23H24O12/c1-31-10-5-3-9(4-6-10)21-19(29)16(26)14-11(33-21)7-12(22(32-2)17(14)27)34-23-20(30)18(28)15(25)13(8-24)35-23/h3-7,13,15,18,20,23-25,27-30H,8H2,1-2H3/t13?,15-,18+,20?,23-/m1/s1. The van der Waals surface area contributed by atoms with Crippen LogP contribution in [0.4, 0.5) is 0 Å². The molecule has 3 aromatic rings. The summed E-state index contributed by atoms with van der Waals surface area (Å²) in [4.78, 5) is 12.9. The molecule has 5 atom stereocenters. The maximum Gasteiger partial charge on any atom is 0.238 e. The monoisotopic (exact) mass is 492 g/mol. The largest absolute Gasteiger partial charge is 0.504 e. The van der Waals surface area contributed by atoms with Crippen molar-refractivity contribution in [2.45, 2.75) is 30.7 Å². The lowest BCUT2D eigenvalue weighted by Gasteiger charge is -2.39. The minimum atomic E-state index is -1.74. The van der Waals surface area contributed by atoms with Gasteiger partial charge in [0.15, 0.2) is 17.3 Å². The minimum Gasteiger partial charge on any atom is -0.504 e. The average Bonchev–Trinajstić information content (AvgIpc) is 2.86. The summed E-state index contributed by atoms with van der Waals surface area (Å²) in [7, 11) is 2.66. The summed E-state index contributed by atoms with van der Waals surface area (Å²) in [6.07, 6.45) is -7.88. The molecule has 0 amide bonds. The first kappa shape index (κ1) is 24.6. The van der Waals surface area contributed by atoms with E-state index in [9.17, 15) is 35.4 Å². The van der Waals surface area contributed by atoms with Crippen LogP contribution in [0.5, 0.6) is 28.7 Å². The van der Waals surface area contributed by atoms with Crippen LogP contribution < -0.4 is 19.6 Å². The average molecular weight is 492 g/mol. The van der Waals surface area contributed by atoms with Crippen LogP contribution in [0.3, 0.4) is 0 Å². The van der Waals surface area contributed by atoms with Crippen LogP contribution in [-0.2, 0) is 4.74 Å². The van der Waals surface area contributed by atoms with E-state index in [1.807, 2.05) is 0 Å². The molecule has 1 aliphatic heterocycles. The number of hydrogen-bond donors (Lipinski definition) is 6. The Labute approximate surface area is 197 Å². The lowest BCUT2D eigenvalue weighted by atomic mass is 9.99. The highest BCUT2D eigenvalue weighted by atomic mass is 16.7. The number of rotatable bonds is 6. The fourth-order valence-electron chi connectivity index (χ4n) is 3.80. The smallest absolute Gasteiger partial charge is 0.238 e. The highest BCUT2D eigenvalue weighted by Crippen LogP contribution is 2.44. The molecule has 12 nitrogen and oxygen atoms in total. The molecule has 2 heterocycles. The number of phenols is 1. The SMILES string of the molecule is COc1ccc(-c2oc3cc(O[C@@H]4OC(CO)[C@@H](O)[C@H](O)C4O)c(OC)c(O)c3c(=O)c2O)cc1. The normalized spacial score (nSPS) is 24.3. The Morgan fingerprint density at radius 2 is 1.63 bits per heavy atom. The van der Waals surface area contributed by atoms with Crippen molar-refractivity contribution in [3.05, 3.63) is 40.6 Å². The van der Waals surface area contributed by atoms with E-state index in [4.69, 9.17) is 23.4 Å². The van der Waals surface area contributed by atoms with Crippen molar-refractivity contribution in [3.8, 4) is 40.1 Å². The quantitative estimate of drug-likeness (QED) is 0.272. The zero-order chi connectivity index (χ0) is 25.4. The van der Waals surface area contributed by atoms with Crippen molar-refractivity contribution in [1.29, 1.82) is 0 Å². The van der Waals surface area contributed by atoms with Crippen LogP contribution in [0.25, 0.3) is 22.3 Å². The molecule has 0 aliphatic carbocycles. The van der Waals surface area contributed by atoms with Crippen LogP contribution in [0, 0.1) is 0 Å². The molecule has 1 saturated heterocycles. The van der Waals surface area contributed by atoms with Crippen molar-refractivity contribution in [2.75, 3.05) is 20.8 Å². The van der Waals surface area contributed by atoms with Crippen LogP contribution >= 0.6 is 0 Å². The maximum absolute atomic E-state index is 12.9. The number of aliphatic hydroxyl groups is 4. The summed E-state index contributed by atoms with van der Waals surface area (Å²) in [6, 6.07) is 7.47. The Balaban J connectivity index is 1.82. The molecule has 6 N–H and O–H groups in total. The number of aromatic hydroxyl groups is 2. The number of ether oxygens (including phenoxy) is 4. The molecule has 12 heteroatoms. The predicted octanol–water partition coefficient (Wildman–Crippen LogP) is 0.0671. The number of aliphatic hydroxyl groups excluding tert-OH is 4. The maximum atomic E-state index is 12.9. The van der Waals surface area contributed by atoms with E-state index in [0.29, 0.717) is 11.3 Å². The predicted molar refractivity (Wildman–Crippen MR) is 119 cm³/mol. The molecule has 1 fully saturated rings. The Kier molecular flexibility index (Phi) is 6.74. The minimum absolute atomic E-state index is 0.187. The van der Waals surface area contributed by atoms with Crippen LogP contribution in [0.1, 0.15) is 0 Å². The number of fused-ring (bicyclic) bond motifs is 1. The Hall–Kier alpha value is -3.55. The van der Waals surface area contributed by atoms with E-state index in [0.717, 1.165) is 0 Å². The van der Waals surface area contributed by atoms with Gasteiger partial charge in [-0.1, -0.05) is 0 Å². The second-order valence-corrected chi connectivity index (χ2v) is 7.78. The fourth-order valence-corrected chi connectivity index (χ4v) is 3.80. The number of benzene rings is 2. The highest BCUT2D eigenvalue weighted by Gasteiger charge is 2.45. The van der Waals surface area contributed by atoms with E-state index in [2.05, 4.69) is 0 Å². The first-order valence-electron chi connectivity index (χ1n) is 10.4. The summed E-state index contributed by atoms with van der Waals surface area (Å²) < 4.78 is 26.9. The fraction of sp³-hybridized carbons (Fsp3) is 0.348. The molecule has 1 aromatic heterocycles. The van der Waals surface area contributed by atoms with Crippen LogP contribution in [0.15, 0.2) is 39.5 Å². The number of hydrogen-bond acceptors (Lipinski definition) is 12. The molecule has 2 unspecified atom stereocenters. The van der Waals surface area contributed by atoms with Gasteiger partial charge in [0.05, 0.1) is 20.8 Å². The summed E-state index contributed by atoms with van der Waals surface area (Å²) >= 11 is 0. The van der Waals surface area contributed by atoms with E-state index in [1.54, 1.807) is 24.3 Å². The molecular weight excluding hydrogens is 468 g/mol. The topological polar surface area (TPSA) is 189 Å². The van der Waals surface area contributed by atoms with Gasteiger partial charge in [-0.3, -0.25) is 4.79 Å². The van der Waals surface area contributed by atoms with E-state index in [1.165, 1.54) is 20.3 Å². The first-order chi connectivity index (χ1) is 16.7. The Morgan fingerprint density at radius 1 is 0.943 bits per heavy atom. The van der Waals surface area contributed by atoms with Gasteiger partial charge in [0.1, 0.15) is 41.1 Å². The molecule has 0 bridgehead atoms. The lowest BCUT2D eigenvalue weighted by molar-refractivity contribution is -0.277. The third-order valence-electron chi connectivity index (χ3n) is 5.70. The molecular formula is C23H24O12. The van der Waals surface area contributed by atoms with Crippen molar-refractivity contribution in [3.63, 3.8) is 0 Å².